The summed E-state index contributed by atoms with van der Waals surface area (Å²) in [5, 5.41) is 22.1. The Morgan fingerprint density at radius 3 is 1.35 bits per heavy atom. The monoisotopic (exact) mass is 950 g/mol. The van der Waals surface area contributed by atoms with Crippen LogP contribution in [0, 0.1) is 23.7 Å². The predicted molar refractivity (Wildman–Crippen MR) is 276 cm³/mol. The lowest BCUT2D eigenvalue weighted by Gasteiger charge is -2.12. The van der Waals surface area contributed by atoms with Gasteiger partial charge in [-0.3, -0.25) is 0 Å². The first-order valence-corrected chi connectivity index (χ1v) is 24.3. The second-order valence-electron chi connectivity index (χ2n) is 17.0. The SMILES string of the molecule is CCCCOC(=O)c1cc(OC(=O)c2ccc(C#Cc3ccc4cc(OCCCCCCO)ccc4c3)cc2)ccc1OC(=O)c1ccc(C#Cc2ccc3cc(OCCCCCCO)ccc3c2)cc1. The molecule has 7 aromatic rings. The third-order valence-corrected chi connectivity index (χ3v) is 11.5. The predicted octanol–water partition coefficient (Wildman–Crippen LogP) is 12.1. The van der Waals surface area contributed by atoms with E-state index in [1.807, 2.05) is 79.7 Å². The van der Waals surface area contributed by atoms with Gasteiger partial charge in [0.15, 0.2) is 0 Å². The Morgan fingerprint density at radius 2 is 0.845 bits per heavy atom. The minimum absolute atomic E-state index is 0.0467. The molecule has 0 fully saturated rings. The van der Waals surface area contributed by atoms with Gasteiger partial charge in [0, 0.05) is 35.5 Å². The van der Waals surface area contributed by atoms with E-state index in [-0.39, 0.29) is 48.0 Å². The van der Waals surface area contributed by atoms with Crippen LogP contribution in [0.4, 0.5) is 0 Å². The summed E-state index contributed by atoms with van der Waals surface area (Å²) in [6.45, 7) is 3.87. The minimum atomic E-state index is -0.723. The average molecular weight is 951 g/mol. The zero-order valence-electron chi connectivity index (χ0n) is 40.0. The molecule has 0 aromatic heterocycles. The van der Waals surface area contributed by atoms with Crippen LogP contribution in [0.5, 0.6) is 23.0 Å². The number of carbonyl (C=O) groups excluding carboxylic acids is 3. The first kappa shape index (κ1) is 51.0. The van der Waals surface area contributed by atoms with Crippen molar-refractivity contribution in [1.82, 2.24) is 0 Å². The summed E-state index contributed by atoms with van der Waals surface area (Å²) in [5.74, 6) is 12.3. The molecule has 0 aliphatic carbocycles. The molecule has 0 saturated heterocycles. The molecule has 10 nitrogen and oxygen atoms in total. The lowest BCUT2D eigenvalue weighted by Crippen LogP contribution is -2.14. The summed E-state index contributed by atoms with van der Waals surface area (Å²) in [7, 11) is 0. The molecule has 7 rings (SSSR count). The second-order valence-corrected chi connectivity index (χ2v) is 17.0. The zero-order chi connectivity index (χ0) is 49.6. The standard InChI is InChI=1S/C61H58O10/c1-2-3-36-69-61(66)57-43-56(70-59(64)48-22-16-44(17-23-48)12-14-46-20-26-52-41-54(30-28-50(52)39-46)67-37-10-6-4-8-34-62)32-33-58(57)71-60(65)49-24-18-45(19-25-49)13-15-47-21-27-53-42-55(31-29-51(53)40-47)68-38-11-7-5-9-35-63/h16-33,39-43,62-63H,2-11,34-38H2,1H3. The van der Waals surface area contributed by atoms with E-state index >= 15 is 0 Å². The molecule has 71 heavy (non-hydrogen) atoms. The van der Waals surface area contributed by atoms with E-state index in [1.54, 1.807) is 48.5 Å². The molecule has 0 aliphatic rings. The molecule has 7 aromatic carbocycles. The highest BCUT2D eigenvalue weighted by molar-refractivity contribution is 5.97. The van der Waals surface area contributed by atoms with Crippen molar-refractivity contribution >= 4 is 39.5 Å². The van der Waals surface area contributed by atoms with Crippen molar-refractivity contribution in [2.45, 2.75) is 71.1 Å². The van der Waals surface area contributed by atoms with Gasteiger partial charge in [-0.2, -0.15) is 0 Å². The Balaban J connectivity index is 0.946. The molecule has 0 spiro atoms. The number of hydrogen-bond acceptors (Lipinski definition) is 10. The molecule has 0 bridgehead atoms. The van der Waals surface area contributed by atoms with Gasteiger partial charge < -0.3 is 33.9 Å². The Kier molecular flexibility index (Phi) is 19.2. The van der Waals surface area contributed by atoms with Crippen LogP contribution in [-0.2, 0) is 4.74 Å². The summed E-state index contributed by atoms with van der Waals surface area (Å²) >= 11 is 0. The van der Waals surface area contributed by atoms with Crippen molar-refractivity contribution < 1.29 is 48.3 Å². The summed E-state index contributed by atoms with van der Waals surface area (Å²) < 4.78 is 28.7. The number of fused-ring (bicyclic) bond motifs is 2. The molecule has 0 saturated carbocycles. The summed E-state index contributed by atoms with van der Waals surface area (Å²) in [6, 6.07) is 41.5. The van der Waals surface area contributed by atoms with Gasteiger partial charge in [0.05, 0.1) is 30.9 Å². The fraction of sp³-hybridized carbons (Fsp3) is 0.262. The van der Waals surface area contributed by atoms with Gasteiger partial charge in [-0.05, 0) is 182 Å². The van der Waals surface area contributed by atoms with Gasteiger partial charge in [-0.15, -0.1) is 0 Å². The van der Waals surface area contributed by atoms with Crippen molar-refractivity contribution in [3.8, 4) is 46.7 Å². The van der Waals surface area contributed by atoms with E-state index in [9.17, 15) is 14.4 Å². The van der Waals surface area contributed by atoms with E-state index in [0.29, 0.717) is 30.8 Å². The quantitative estimate of drug-likeness (QED) is 0.0292. The highest BCUT2D eigenvalue weighted by Gasteiger charge is 2.21. The molecule has 0 atom stereocenters. The molecular weight excluding hydrogens is 893 g/mol. The van der Waals surface area contributed by atoms with E-state index in [0.717, 1.165) is 102 Å². The van der Waals surface area contributed by atoms with E-state index in [2.05, 4.69) is 23.7 Å². The van der Waals surface area contributed by atoms with Crippen LogP contribution in [0.3, 0.4) is 0 Å². The van der Waals surface area contributed by atoms with E-state index in [4.69, 9.17) is 33.9 Å². The number of aliphatic hydroxyl groups is 2. The highest BCUT2D eigenvalue weighted by Crippen LogP contribution is 2.28. The van der Waals surface area contributed by atoms with Crippen LogP contribution < -0.4 is 18.9 Å². The molecule has 0 heterocycles. The van der Waals surface area contributed by atoms with Crippen molar-refractivity contribution in [3.63, 3.8) is 0 Å². The number of aliphatic hydroxyl groups excluding tert-OH is 2. The van der Waals surface area contributed by atoms with Crippen molar-refractivity contribution in [2.24, 2.45) is 0 Å². The lowest BCUT2D eigenvalue weighted by atomic mass is 10.1. The summed E-state index contributed by atoms with van der Waals surface area (Å²) in [6.07, 6.45) is 9.03. The molecule has 0 unspecified atom stereocenters. The smallest absolute Gasteiger partial charge is 0.343 e. The highest BCUT2D eigenvalue weighted by atomic mass is 16.6. The molecule has 0 amide bonds. The summed E-state index contributed by atoms with van der Waals surface area (Å²) in [4.78, 5) is 40.0. The Labute approximate surface area is 415 Å². The van der Waals surface area contributed by atoms with Gasteiger partial charge in [0.25, 0.3) is 0 Å². The third-order valence-electron chi connectivity index (χ3n) is 11.5. The first-order valence-electron chi connectivity index (χ1n) is 24.3. The number of benzene rings is 7. The molecule has 362 valence electrons. The number of carbonyl (C=O) groups is 3. The topological polar surface area (TPSA) is 138 Å². The zero-order valence-corrected chi connectivity index (χ0v) is 40.0. The Morgan fingerprint density at radius 1 is 0.408 bits per heavy atom. The van der Waals surface area contributed by atoms with Crippen LogP contribution in [0.2, 0.25) is 0 Å². The number of ether oxygens (including phenoxy) is 5. The van der Waals surface area contributed by atoms with Gasteiger partial charge in [-0.25, -0.2) is 14.4 Å². The maximum atomic E-state index is 13.4. The number of hydrogen-bond donors (Lipinski definition) is 2. The van der Waals surface area contributed by atoms with Crippen molar-refractivity contribution in [3.05, 3.63) is 178 Å². The Hall–Kier alpha value is -7.89. The van der Waals surface area contributed by atoms with Crippen LogP contribution in [0.1, 0.15) is 124 Å². The fourth-order valence-corrected chi connectivity index (χ4v) is 7.50. The van der Waals surface area contributed by atoms with Crippen LogP contribution in [0.15, 0.2) is 140 Å². The van der Waals surface area contributed by atoms with Gasteiger partial charge in [0.1, 0.15) is 28.6 Å². The molecule has 2 N–H and O–H groups in total. The number of unbranched alkanes of at least 4 members (excludes halogenated alkanes) is 7. The average Bonchev–Trinajstić information content (AvgIpc) is 3.40. The Bertz CT molecular complexity index is 3040. The normalized spacial score (nSPS) is 10.7. The molecule has 0 aliphatic heterocycles. The van der Waals surface area contributed by atoms with Crippen molar-refractivity contribution in [2.75, 3.05) is 33.0 Å². The molecule has 10 heteroatoms. The largest absolute Gasteiger partial charge is 0.494 e. The lowest BCUT2D eigenvalue weighted by molar-refractivity contribution is 0.0492. The molecular formula is C61H58O10. The van der Waals surface area contributed by atoms with Gasteiger partial charge in [0.2, 0.25) is 0 Å². The molecule has 0 radical (unpaired) electrons. The first-order chi connectivity index (χ1) is 34.8. The van der Waals surface area contributed by atoms with Crippen molar-refractivity contribution in [1.29, 1.82) is 0 Å². The van der Waals surface area contributed by atoms with E-state index < -0.39 is 17.9 Å². The van der Waals surface area contributed by atoms with Gasteiger partial charge in [-0.1, -0.05) is 74.1 Å². The maximum Gasteiger partial charge on any atom is 0.343 e. The second kappa shape index (κ2) is 26.8. The fourth-order valence-electron chi connectivity index (χ4n) is 7.50. The maximum absolute atomic E-state index is 13.4. The number of esters is 3. The number of rotatable bonds is 22. The summed E-state index contributed by atoms with van der Waals surface area (Å²) in [5.41, 5.74) is 3.52. The third kappa shape index (κ3) is 15.6. The van der Waals surface area contributed by atoms with Crippen LogP contribution in [0.25, 0.3) is 21.5 Å². The van der Waals surface area contributed by atoms with E-state index in [1.165, 1.54) is 18.2 Å². The minimum Gasteiger partial charge on any atom is -0.494 e. The van der Waals surface area contributed by atoms with Crippen LogP contribution in [-0.4, -0.2) is 61.2 Å². The van der Waals surface area contributed by atoms with Gasteiger partial charge >= 0.3 is 17.9 Å². The van der Waals surface area contributed by atoms with Crippen LogP contribution >= 0.6 is 0 Å².